The molecule has 2 N–H and O–H groups in total. The second-order valence-electron chi connectivity index (χ2n) is 13.6. The molecular formula is C52H40Cl2N6O2. The molecule has 0 saturated heterocycles. The zero-order valence-corrected chi connectivity index (χ0v) is 34.8. The first-order chi connectivity index (χ1) is 30.4. The van der Waals surface area contributed by atoms with Crippen LogP contribution in [-0.2, 0) is 0 Å². The van der Waals surface area contributed by atoms with Gasteiger partial charge in [-0.15, -0.1) is 0 Å². The smallest absolute Gasteiger partial charge is 0.271 e. The average molecular weight is 852 g/mol. The number of halogens is 2. The first-order valence-corrected chi connectivity index (χ1v) is 20.4. The van der Waals surface area contributed by atoms with E-state index in [1.54, 1.807) is 61.0 Å². The molecule has 304 valence electrons. The van der Waals surface area contributed by atoms with Crippen molar-refractivity contribution in [3.8, 4) is 0 Å². The molecule has 0 fully saturated rings. The monoisotopic (exact) mass is 850 g/mol. The second kappa shape index (κ2) is 21.5. The van der Waals surface area contributed by atoms with Crippen LogP contribution in [0.5, 0.6) is 0 Å². The highest BCUT2D eigenvalue weighted by atomic mass is 35.5. The molecule has 0 radical (unpaired) electrons. The van der Waals surface area contributed by atoms with Gasteiger partial charge >= 0.3 is 0 Å². The topological polar surface area (TPSA) is 89.4 Å². The summed E-state index contributed by atoms with van der Waals surface area (Å²) in [4.78, 5) is 28.6. The fourth-order valence-corrected chi connectivity index (χ4v) is 6.54. The normalized spacial score (nSPS) is 10.7. The van der Waals surface area contributed by atoms with Gasteiger partial charge < -0.3 is 9.80 Å². The third kappa shape index (κ3) is 11.7. The molecule has 8 nitrogen and oxygen atoms in total. The Hall–Kier alpha value is -7.78. The van der Waals surface area contributed by atoms with E-state index in [1.807, 2.05) is 121 Å². The molecule has 8 rings (SSSR count). The van der Waals surface area contributed by atoms with Crippen molar-refractivity contribution in [2.24, 2.45) is 10.2 Å². The van der Waals surface area contributed by atoms with Crippen molar-refractivity contribution in [3.05, 3.63) is 251 Å². The van der Waals surface area contributed by atoms with Crippen molar-refractivity contribution < 1.29 is 9.59 Å². The lowest BCUT2D eigenvalue weighted by Gasteiger charge is -2.25. The largest absolute Gasteiger partial charge is 0.311 e. The zero-order chi connectivity index (χ0) is 42.9. The predicted molar refractivity (Wildman–Crippen MR) is 255 cm³/mol. The first kappa shape index (κ1) is 42.3. The van der Waals surface area contributed by atoms with Crippen LogP contribution in [0.25, 0.3) is 0 Å². The van der Waals surface area contributed by atoms with Gasteiger partial charge in [0.05, 0.1) is 12.4 Å². The van der Waals surface area contributed by atoms with Gasteiger partial charge in [-0.1, -0.05) is 120 Å². The zero-order valence-electron chi connectivity index (χ0n) is 33.3. The van der Waals surface area contributed by atoms with Crippen molar-refractivity contribution >= 4 is 81.6 Å². The van der Waals surface area contributed by atoms with Gasteiger partial charge in [0.25, 0.3) is 11.8 Å². The predicted octanol–water partition coefficient (Wildman–Crippen LogP) is 13.1. The molecule has 0 spiro atoms. The molecule has 8 aromatic rings. The average Bonchev–Trinajstić information content (AvgIpc) is 3.32. The Morgan fingerprint density at radius 1 is 0.355 bits per heavy atom. The SMILES string of the molecule is O=C(N/N=C/c1ccc(N(c2ccccc2)c2ccccc2)cc1)c1ccc(Cl)cc1.O=C(N/N=C/c1ccc(N(c2ccccc2)c2ccccc2)cc1)c1ccc(Cl)cc1. The van der Waals surface area contributed by atoms with Gasteiger partial charge in [0.1, 0.15) is 0 Å². The molecule has 2 amide bonds. The van der Waals surface area contributed by atoms with Crippen LogP contribution in [0.15, 0.2) is 229 Å². The summed E-state index contributed by atoms with van der Waals surface area (Å²) in [5.74, 6) is -0.576. The van der Waals surface area contributed by atoms with Gasteiger partial charge in [0.2, 0.25) is 0 Å². The van der Waals surface area contributed by atoms with Gasteiger partial charge in [-0.05, 0) is 132 Å². The quantitative estimate of drug-likeness (QED) is 0.0946. The van der Waals surface area contributed by atoms with Crippen molar-refractivity contribution in [1.82, 2.24) is 10.9 Å². The second-order valence-corrected chi connectivity index (χ2v) is 14.5. The van der Waals surface area contributed by atoms with Crippen LogP contribution in [0.4, 0.5) is 34.1 Å². The number of amides is 2. The number of para-hydroxylation sites is 4. The number of hydrazone groups is 2. The van der Waals surface area contributed by atoms with Crippen molar-refractivity contribution in [2.75, 3.05) is 9.80 Å². The molecule has 0 aromatic heterocycles. The Balaban J connectivity index is 0.000000186. The number of nitrogens with zero attached hydrogens (tertiary/aromatic N) is 4. The molecular weight excluding hydrogens is 812 g/mol. The van der Waals surface area contributed by atoms with Crippen molar-refractivity contribution in [3.63, 3.8) is 0 Å². The van der Waals surface area contributed by atoms with Gasteiger partial charge in [-0.3, -0.25) is 9.59 Å². The van der Waals surface area contributed by atoms with Crippen LogP contribution in [-0.4, -0.2) is 24.2 Å². The minimum Gasteiger partial charge on any atom is -0.311 e. The number of hydrogen-bond acceptors (Lipinski definition) is 6. The van der Waals surface area contributed by atoms with E-state index in [-0.39, 0.29) is 11.8 Å². The van der Waals surface area contributed by atoms with E-state index in [1.165, 1.54) is 0 Å². The number of carbonyl (C=O) groups is 2. The number of anilines is 6. The molecule has 0 aliphatic carbocycles. The summed E-state index contributed by atoms with van der Waals surface area (Å²) >= 11 is 11.7. The lowest BCUT2D eigenvalue weighted by molar-refractivity contribution is 0.0947. The highest BCUT2D eigenvalue weighted by molar-refractivity contribution is 6.31. The minimum atomic E-state index is -0.288. The molecule has 10 heteroatoms. The maximum atomic E-state index is 12.1. The number of carbonyl (C=O) groups excluding carboxylic acids is 2. The molecule has 0 unspecified atom stereocenters. The van der Waals surface area contributed by atoms with Crippen LogP contribution in [0.2, 0.25) is 10.0 Å². The third-order valence-electron chi connectivity index (χ3n) is 9.33. The van der Waals surface area contributed by atoms with Gasteiger partial charge in [0, 0.05) is 55.3 Å². The van der Waals surface area contributed by atoms with E-state index < -0.39 is 0 Å². The number of hydrogen-bond donors (Lipinski definition) is 2. The molecule has 0 heterocycles. The van der Waals surface area contributed by atoms with Crippen LogP contribution in [0, 0.1) is 0 Å². The summed E-state index contributed by atoms with van der Waals surface area (Å²) in [6, 6.07) is 70.1. The molecule has 62 heavy (non-hydrogen) atoms. The Labute approximate surface area is 371 Å². The molecule has 0 aliphatic heterocycles. The molecule has 0 aliphatic rings. The number of nitrogens with one attached hydrogen (secondary N) is 2. The Morgan fingerprint density at radius 2 is 0.613 bits per heavy atom. The van der Waals surface area contributed by atoms with E-state index in [9.17, 15) is 9.59 Å². The Kier molecular flexibility index (Phi) is 14.7. The Bertz CT molecular complexity index is 2430. The van der Waals surface area contributed by atoms with Crippen LogP contribution < -0.4 is 20.7 Å². The standard InChI is InChI=1S/2C26H20ClN3O/c2*27-22-15-13-21(14-16-22)26(31)29-28-19-20-11-17-25(18-12-20)30(23-7-3-1-4-8-23)24-9-5-2-6-10-24/h2*1-19H,(H,29,31)/b2*28-19+. The molecule has 0 bridgehead atoms. The van der Waals surface area contributed by atoms with Crippen molar-refractivity contribution in [2.45, 2.75) is 0 Å². The van der Waals surface area contributed by atoms with E-state index in [0.717, 1.165) is 45.3 Å². The first-order valence-electron chi connectivity index (χ1n) is 19.6. The van der Waals surface area contributed by atoms with Crippen molar-refractivity contribution in [1.29, 1.82) is 0 Å². The van der Waals surface area contributed by atoms with E-state index in [0.29, 0.717) is 21.2 Å². The Morgan fingerprint density at radius 3 is 0.887 bits per heavy atom. The van der Waals surface area contributed by atoms with E-state index in [2.05, 4.69) is 79.4 Å². The summed E-state index contributed by atoms with van der Waals surface area (Å²) in [6.07, 6.45) is 3.24. The lowest BCUT2D eigenvalue weighted by Crippen LogP contribution is -2.17. The number of benzene rings is 8. The lowest BCUT2D eigenvalue weighted by atomic mass is 10.1. The van der Waals surface area contributed by atoms with E-state index >= 15 is 0 Å². The highest BCUT2D eigenvalue weighted by Crippen LogP contribution is 2.35. The maximum Gasteiger partial charge on any atom is 0.271 e. The fraction of sp³-hybridized carbons (Fsp3) is 0. The fourth-order valence-electron chi connectivity index (χ4n) is 6.28. The van der Waals surface area contributed by atoms with E-state index in [4.69, 9.17) is 23.2 Å². The summed E-state index contributed by atoms with van der Waals surface area (Å²) in [7, 11) is 0. The van der Waals surface area contributed by atoms with Gasteiger partial charge in [-0.2, -0.15) is 10.2 Å². The summed E-state index contributed by atoms with van der Waals surface area (Å²) in [5, 5.41) is 9.29. The van der Waals surface area contributed by atoms with Gasteiger partial charge in [0.15, 0.2) is 0 Å². The highest BCUT2D eigenvalue weighted by Gasteiger charge is 2.13. The summed E-state index contributed by atoms with van der Waals surface area (Å²) in [5.41, 5.74) is 14.2. The third-order valence-corrected chi connectivity index (χ3v) is 9.84. The summed E-state index contributed by atoms with van der Waals surface area (Å²) < 4.78 is 0. The molecule has 0 atom stereocenters. The maximum absolute atomic E-state index is 12.1. The van der Waals surface area contributed by atoms with Crippen LogP contribution in [0.1, 0.15) is 31.8 Å². The molecule has 0 saturated carbocycles. The van der Waals surface area contributed by atoms with Crippen LogP contribution >= 0.6 is 23.2 Å². The number of rotatable bonds is 12. The van der Waals surface area contributed by atoms with Gasteiger partial charge in [-0.25, -0.2) is 10.9 Å². The minimum absolute atomic E-state index is 0.288. The summed E-state index contributed by atoms with van der Waals surface area (Å²) in [6.45, 7) is 0. The van der Waals surface area contributed by atoms with Crippen LogP contribution in [0.3, 0.4) is 0 Å². The molecule has 8 aromatic carbocycles.